The lowest BCUT2D eigenvalue weighted by molar-refractivity contribution is 0.627. The number of halogens is 3. The normalized spacial score (nSPS) is 10.5. The first kappa shape index (κ1) is 16.5. The van der Waals surface area contributed by atoms with Gasteiger partial charge in [0.15, 0.2) is 0 Å². The van der Waals surface area contributed by atoms with E-state index in [-0.39, 0.29) is 5.82 Å². The van der Waals surface area contributed by atoms with E-state index < -0.39 is 0 Å². The van der Waals surface area contributed by atoms with E-state index in [0.29, 0.717) is 33.9 Å². The van der Waals surface area contributed by atoms with Gasteiger partial charge in [-0.05, 0) is 35.9 Å². The molecule has 1 aromatic heterocycles. The van der Waals surface area contributed by atoms with E-state index in [9.17, 15) is 4.39 Å². The molecule has 122 valence electrons. The summed E-state index contributed by atoms with van der Waals surface area (Å²) in [6.07, 6.45) is 1.44. The van der Waals surface area contributed by atoms with E-state index in [0.717, 1.165) is 5.56 Å². The molecule has 7 heteroatoms. The molecule has 0 fully saturated rings. The number of hydrogen-bond donors (Lipinski definition) is 2. The molecule has 0 bridgehead atoms. The van der Waals surface area contributed by atoms with Crippen LogP contribution < -0.4 is 10.6 Å². The summed E-state index contributed by atoms with van der Waals surface area (Å²) in [6, 6.07) is 13.2. The average molecular weight is 363 g/mol. The predicted molar refractivity (Wildman–Crippen MR) is 95.5 cm³/mol. The molecule has 4 nitrogen and oxygen atoms in total. The Bertz CT molecular complexity index is 840. The summed E-state index contributed by atoms with van der Waals surface area (Å²) in [5, 5.41) is 7.38. The first-order chi connectivity index (χ1) is 11.6. The zero-order valence-electron chi connectivity index (χ0n) is 12.4. The Morgan fingerprint density at radius 1 is 0.917 bits per heavy atom. The Morgan fingerprint density at radius 3 is 2.46 bits per heavy atom. The molecule has 24 heavy (non-hydrogen) atoms. The Morgan fingerprint density at radius 2 is 1.67 bits per heavy atom. The summed E-state index contributed by atoms with van der Waals surface area (Å²) in [6.45, 7) is 0.522. The monoisotopic (exact) mass is 362 g/mol. The molecule has 3 aromatic rings. The number of benzene rings is 2. The SMILES string of the molecule is Fc1ccc(CNc2cc(Nc3cc(Cl)ccc3Cl)ncn2)cc1. The smallest absolute Gasteiger partial charge is 0.135 e. The van der Waals surface area contributed by atoms with Crippen molar-refractivity contribution >= 4 is 40.5 Å². The van der Waals surface area contributed by atoms with Crippen LogP contribution in [-0.2, 0) is 6.54 Å². The van der Waals surface area contributed by atoms with Crippen molar-refractivity contribution in [2.45, 2.75) is 6.54 Å². The van der Waals surface area contributed by atoms with Gasteiger partial charge in [0.2, 0.25) is 0 Å². The van der Waals surface area contributed by atoms with Crippen LogP contribution in [0.1, 0.15) is 5.56 Å². The van der Waals surface area contributed by atoms with Gasteiger partial charge in [0.05, 0.1) is 10.7 Å². The number of nitrogens with zero attached hydrogens (tertiary/aromatic N) is 2. The van der Waals surface area contributed by atoms with E-state index in [1.54, 1.807) is 36.4 Å². The molecule has 0 aliphatic carbocycles. The van der Waals surface area contributed by atoms with E-state index in [2.05, 4.69) is 20.6 Å². The topological polar surface area (TPSA) is 49.8 Å². The molecule has 0 saturated heterocycles. The van der Waals surface area contributed by atoms with Crippen LogP contribution in [0.3, 0.4) is 0 Å². The Labute approximate surface area is 148 Å². The van der Waals surface area contributed by atoms with Crippen LogP contribution in [0.5, 0.6) is 0 Å². The van der Waals surface area contributed by atoms with Crippen molar-refractivity contribution in [2.75, 3.05) is 10.6 Å². The average Bonchev–Trinajstić information content (AvgIpc) is 2.58. The van der Waals surface area contributed by atoms with Crippen LogP contribution in [0.15, 0.2) is 54.9 Å². The second-order valence-corrected chi connectivity index (χ2v) is 5.86. The quantitative estimate of drug-likeness (QED) is 0.648. The van der Waals surface area contributed by atoms with Crippen LogP contribution in [0.4, 0.5) is 21.7 Å². The highest BCUT2D eigenvalue weighted by Crippen LogP contribution is 2.28. The van der Waals surface area contributed by atoms with Gasteiger partial charge in [0.25, 0.3) is 0 Å². The lowest BCUT2D eigenvalue weighted by atomic mass is 10.2. The fourth-order valence-electron chi connectivity index (χ4n) is 2.05. The molecule has 0 radical (unpaired) electrons. The zero-order chi connectivity index (χ0) is 16.9. The zero-order valence-corrected chi connectivity index (χ0v) is 13.9. The minimum atomic E-state index is -0.259. The fourth-order valence-corrected chi connectivity index (χ4v) is 2.39. The van der Waals surface area contributed by atoms with E-state index in [1.165, 1.54) is 18.5 Å². The molecule has 2 N–H and O–H groups in total. The third kappa shape index (κ3) is 4.34. The van der Waals surface area contributed by atoms with Crippen LogP contribution in [0, 0.1) is 5.82 Å². The molecular weight excluding hydrogens is 350 g/mol. The van der Waals surface area contributed by atoms with Crippen molar-refractivity contribution in [3.05, 3.63) is 76.3 Å². The van der Waals surface area contributed by atoms with Gasteiger partial charge < -0.3 is 10.6 Å². The highest BCUT2D eigenvalue weighted by atomic mass is 35.5. The van der Waals surface area contributed by atoms with Crippen molar-refractivity contribution in [1.29, 1.82) is 0 Å². The molecule has 0 atom stereocenters. The summed E-state index contributed by atoms with van der Waals surface area (Å²) in [7, 11) is 0. The minimum Gasteiger partial charge on any atom is -0.366 e. The van der Waals surface area contributed by atoms with Gasteiger partial charge in [-0.3, -0.25) is 0 Å². The maximum absolute atomic E-state index is 12.9. The number of hydrogen-bond acceptors (Lipinski definition) is 4. The molecule has 0 spiro atoms. The maximum atomic E-state index is 12.9. The maximum Gasteiger partial charge on any atom is 0.135 e. The van der Waals surface area contributed by atoms with Gasteiger partial charge in [-0.15, -0.1) is 0 Å². The number of nitrogens with one attached hydrogen (secondary N) is 2. The highest BCUT2D eigenvalue weighted by Gasteiger charge is 2.04. The molecule has 0 saturated carbocycles. The molecular formula is C17H13Cl2FN4. The highest BCUT2D eigenvalue weighted by molar-refractivity contribution is 6.35. The summed E-state index contributed by atoms with van der Waals surface area (Å²) < 4.78 is 12.9. The Hall–Kier alpha value is -2.37. The van der Waals surface area contributed by atoms with E-state index in [4.69, 9.17) is 23.2 Å². The van der Waals surface area contributed by atoms with Crippen LogP contribution in [0.25, 0.3) is 0 Å². The van der Waals surface area contributed by atoms with Crippen LogP contribution >= 0.6 is 23.2 Å². The first-order valence-corrected chi connectivity index (χ1v) is 7.88. The first-order valence-electron chi connectivity index (χ1n) is 7.12. The third-order valence-corrected chi connectivity index (χ3v) is 3.81. The van der Waals surface area contributed by atoms with Gasteiger partial charge in [-0.1, -0.05) is 35.3 Å². The summed E-state index contributed by atoms with van der Waals surface area (Å²) in [5.74, 6) is 0.955. The summed E-state index contributed by atoms with van der Waals surface area (Å²) >= 11 is 12.1. The van der Waals surface area contributed by atoms with Gasteiger partial charge in [-0.2, -0.15) is 0 Å². The lowest BCUT2D eigenvalue weighted by Gasteiger charge is -2.10. The third-order valence-electron chi connectivity index (χ3n) is 3.25. The van der Waals surface area contributed by atoms with Crippen LogP contribution in [-0.4, -0.2) is 9.97 Å². The number of rotatable bonds is 5. The molecule has 2 aromatic carbocycles. The molecule has 1 heterocycles. The lowest BCUT2D eigenvalue weighted by Crippen LogP contribution is -2.03. The summed E-state index contributed by atoms with van der Waals surface area (Å²) in [4.78, 5) is 8.32. The van der Waals surface area contributed by atoms with Gasteiger partial charge in [-0.25, -0.2) is 14.4 Å². The van der Waals surface area contributed by atoms with E-state index >= 15 is 0 Å². The van der Waals surface area contributed by atoms with Crippen molar-refractivity contribution in [3.8, 4) is 0 Å². The molecule has 0 aliphatic rings. The van der Waals surface area contributed by atoms with Gasteiger partial charge >= 0.3 is 0 Å². The number of aromatic nitrogens is 2. The van der Waals surface area contributed by atoms with Gasteiger partial charge in [0, 0.05) is 17.6 Å². The minimum absolute atomic E-state index is 0.259. The Balaban J connectivity index is 1.69. The molecule has 0 unspecified atom stereocenters. The van der Waals surface area contributed by atoms with E-state index in [1.807, 2.05) is 0 Å². The van der Waals surface area contributed by atoms with Crippen molar-refractivity contribution in [1.82, 2.24) is 9.97 Å². The Kier molecular flexibility index (Phi) is 5.13. The summed E-state index contributed by atoms with van der Waals surface area (Å²) in [5.41, 5.74) is 1.61. The van der Waals surface area contributed by atoms with Crippen LogP contribution in [0.2, 0.25) is 10.0 Å². The largest absolute Gasteiger partial charge is 0.366 e. The molecule has 0 aliphatic heterocycles. The van der Waals surface area contributed by atoms with Crippen molar-refractivity contribution < 1.29 is 4.39 Å². The molecule has 3 rings (SSSR count). The van der Waals surface area contributed by atoms with Crippen molar-refractivity contribution in [3.63, 3.8) is 0 Å². The molecule has 0 amide bonds. The van der Waals surface area contributed by atoms with Crippen molar-refractivity contribution in [2.24, 2.45) is 0 Å². The standard InChI is InChI=1S/C17H13Cl2FN4/c18-12-3-6-14(19)15(7-12)24-17-8-16(22-10-23-17)21-9-11-1-4-13(20)5-2-11/h1-8,10H,9H2,(H2,21,22,23,24). The second kappa shape index (κ2) is 7.47. The van der Waals surface area contributed by atoms with Gasteiger partial charge in [0.1, 0.15) is 23.8 Å². The predicted octanol–water partition coefficient (Wildman–Crippen LogP) is 5.28. The fraction of sp³-hybridized carbons (Fsp3) is 0.0588. The number of anilines is 3. The second-order valence-electron chi connectivity index (χ2n) is 5.02.